The number of aliphatic imine (C=N–C) groups is 1. The van der Waals surface area contributed by atoms with Crippen molar-refractivity contribution in [2.45, 2.75) is 20.4 Å². The molecular weight excluding hydrogens is 368 g/mol. The van der Waals surface area contributed by atoms with Gasteiger partial charge in [-0.1, -0.05) is 24.3 Å². The van der Waals surface area contributed by atoms with E-state index in [0.29, 0.717) is 31.1 Å². The van der Waals surface area contributed by atoms with Gasteiger partial charge in [-0.25, -0.2) is 4.99 Å². The maximum absolute atomic E-state index is 11.4. The molecule has 0 aromatic heterocycles. The Hall–Kier alpha value is -3.22. The first-order valence-corrected chi connectivity index (χ1v) is 9.65. The van der Waals surface area contributed by atoms with Gasteiger partial charge in [-0.15, -0.1) is 0 Å². The van der Waals surface area contributed by atoms with Crippen LogP contribution in [0.5, 0.6) is 11.5 Å². The van der Waals surface area contributed by atoms with Gasteiger partial charge in [0.1, 0.15) is 18.1 Å². The minimum Gasteiger partial charge on any atom is -0.495 e. The van der Waals surface area contributed by atoms with Crippen molar-refractivity contribution in [2.24, 2.45) is 4.99 Å². The third-order valence-electron chi connectivity index (χ3n) is 4.12. The minimum atomic E-state index is -0.143. The van der Waals surface area contributed by atoms with Crippen molar-refractivity contribution < 1.29 is 14.3 Å². The number of para-hydroxylation sites is 1. The smallest absolute Gasteiger partial charge is 0.221 e. The number of carbonyl (C=O) groups excluding carboxylic acids is 1. The second-order valence-electron chi connectivity index (χ2n) is 6.47. The molecular formula is C22H30N4O3. The molecule has 0 saturated heterocycles. The average molecular weight is 399 g/mol. The Morgan fingerprint density at radius 1 is 1.17 bits per heavy atom. The quantitative estimate of drug-likeness (QED) is 0.501. The molecule has 2 N–H and O–H groups in total. The van der Waals surface area contributed by atoms with Crippen LogP contribution < -0.4 is 20.1 Å². The fraction of sp³-hybridized carbons (Fsp3) is 0.364. The van der Waals surface area contributed by atoms with Gasteiger partial charge in [0.25, 0.3) is 0 Å². The van der Waals surface area contributed by atoms with Gasteiger partial charge in [0.05, 0.1) is 25.9 Å². The van der Waals surface area contributed by atoms with Gasteiger partial charge < -0.3 is 25.0 Å². The summed E-state index contributed by atoms with van der Waals surface area (Å²) in [7, 11) is 3.56. The highest BCUT2D eigenvalue weighted by Gasteiger charge is 2.08. The number of nitrogens with one attached hydrogen (secondary N) is 2. The third kappa shape index (κ3) is 7.37. The van der Waals surface area contributed by atoms with Crippen LogP contribution in [0, 0.1) is 0 Å². The minimum absolute atomic E-state index is 0.143. The van der Waals surface area contributed by atoms with Crippen molar-refractivity contribution in [2.75, 3.05) is 39.2 Å². The predicted octanol–water partition coefficient (Wildman–Crippen LogP) is 3.13. The van der Waals surface area contributed by atoms with Crippen molar-refractivity contribution in [1.82, 2.24) is 10.2 Å². The van der Waals surface area contributed by atoms with Crippen LogP contribution in [-0.2, 0) is 11.3 Å². The van der Waals surface area contributed by atoms with E-state index in [4.69, 9.17) is 14.5 Å². The second-order valence-corrected chi connectivity index (χ2v) is 6.47. The molecule has 2 rings (SSSR count). The molecule has 29 heavy (non-hydrogen) atoms. The van der Waals surface area contributed by atoms with Crippen LogP contribution in [0.25, 0.3) is 0 Å². The molecule has 7 heteroatoms. The molecule has 2 aromatic carbocycles. The molecule has 0 aliphatic heterocycles. The molecule has 2 aromatic rings. The van der Waals surface area contributed by atoms with Crippen LogP contribution in [-0.4, -0.2) is 50.6 Å². The lowest BCUT2D eigenvalue weighted by Gasteiger charge is -2.22. The molecule has 0 saturated carbocycles. The Balaban J connectivity index is 2.00. The molecule has 1 amide bonds. The largest absolute Gasteiger partial charge is 0.495 e. The predicted molar refractivity (Wildman–Crippen MR) is 117 cm³/mol. The number of ether oxygens (including phenoxy) is 2. The molecule has 156 valence electrons. The average Bonchev–Trinajstić information content (AvgIpc) is 2.71. The molecule has 0 bridgehead atoms. The standard InChI is InChI=1S/C22H30N4O3/c1-5-23-22(26(3)13-14-29-19-9-7-6-8-10-19)24-16-18-11-12-21(28-4)20(15-18)25-17(2)27/h6-12,15H,5,13-14,16H2,1-4H3,(H,23,24)(H,25,27). The number of hydrogen-bond donors (Lipinski definition) is 2. The van der Waals surface area contributed by atoms with Crippen LogP contribution in [0.1, 0.15) is 19.4 Å². The lowest BCUT2D eigenvalue weighted by atomic mass is 10.2. The van der Waals surface area contributed by atoms with E-state index in [9.17, 15) is 4.79 Å². The maximum atomic E-state index is 11.4. The van der Waals surface area contributed by atoms with E-state index in [2.05, 4.69) is 10.6 Å². The molecule has 0 spiro atoms. The molecule has 0 atom stereocenters. The lowest BCUT2D eigenvalue weighted by molar-refractivity contribution is -0.114. The zero-order chi connectivity index (χ0) is 21.1. The number of rotatable bonds is 9. The van der Waals surface area contributed by atoms with E-state index in [1.54, 1.807) is 7.11 Å². The monoisotopic (exact) mass is 398 g/mol. The zero-order valence-corrected chi connectivity index (χ0v) is 17.6. The molecule has 0 aliphatic carbocycles. The van der Waals surface area contributed by atoms with Gasteiger partial charge in [0.2, 0.25) is 5.91 Å². The van der Waals surface area contributed by atoms with Crippen molar-refractivity contribution in [3.8, 4) is 11.5 Å². The second kappa shape index (κ2) is 11.6. The Bertz CT molecular complexity index is 809. The molecule has 0 unspecified atom stereocenters. The first-order chi connectivity index (χ1) is 14.0. The van der Waals surface area contributed by atoms with Crippen molar-refractivity contribution in [3.63, 3.8) is 0 Å². The van der Waals surface area contributed by atoms with Crippen molar-refractivity contribution in [3.05, 3.63) is 54.1 Å². The van der Waals surface area contributed by atoms with Crippen LogP contribution in [0.4, 0.5) is 5.69 Å². The molecule has 0 radical (unpaired) electrons. The number of anilines is 1. The topological polar surface area (TPSA) is 75.2 Å². The maximum Gasteiger partial charge on any atom is 0.221 e. The zero-order valence-electron chi connectivity index (χ0n) is 17.6. The van der Waals surface area contributed by atoms with Gasteiger partial charge in [0.15, 0.2) is 5.96 Å². The summed E-state index contributed by atoms with van der Waals surface area (Å²) in [6.07, 6.45) is 0. The first-order valence-electron chi connectivity index (χ1n) is 9.65. The van der Waals surface area contributed by atoms with Crippen LogP contribution in [0.15, 0.2) is 53.5 Å². The van der Waals surface area contributed by atoms with E-state index >= 15 is 0 Å². The van der Waals surface area contributed by atoms with E-state index < -0.39 is 0 Å². The Kier molecular flexibility index (Phi) is 8.82. The number of amides is 1. The van der Waals surface area contributed by atoms with E-state index in [1.807, 2.05) is 67.4 Å². The fourth-order valence-electron chi connectivity index (χ4n) is 2.70. The highest BCUT2D eigenvalue weighted by Crippen LogP contribution is 2.25. The molecule has 0 fully saturated rings. The lowest BCUT2D eigenvalue weighted by Crippen LogP contribution is -2.40. The highest BCUT2D eigenvalue weighted by atomic mass is 16.5. The van der Waals surface area contributed by atoms with Gasteiger partial charge in [-0.05, 0) is 36.8 Å². The van der Waals surface area contributed by atoms with Gasteiger partial charge in [-0.2, -0.15) is 0 Å². The Labute approximate surface area is 172 Å². The van der Waals surface area contributed by atoms with Gasteiger partial charge >= 0.3 is 0 Å². The number of hydrogen-bond acceptors (Lipinski definition) is 4. The van der Waals surface area contributed by atoms with Gasteiger partial charge in [-0.3, -0.25) is 4.79 Å². The van der Waals surface area contributed by atoms with Crippen LogP contribution >= 0.6 is 0 Å². The summed E-state index contributed by atoms with van der Waals surface area (Å²) in [5, 5.41) is 6.09. The van der Waals surface area contributed by atoms with Crippen LogP contribution in [0.2, 0.25) is 0 Å². The van der Waals surface area contributed by atoms with Gasteiger partial charge in [0, 0.05) is 20.5 Å². The third-order valence-corrected chi connectivity index (χ3v) is 4.12. The number of guanidine groups is 1. The van der Waals surface area contributed by atoms with Crippen LogP contribution in [0.3, 0.4) is 0 Å². The van der Waals surface area contributed by atoms with Crippen molar-refractivity contribution in [1.29, 1.82) is 0 Å². The van der Waals surface area contributed by atoms with E-state index in [-0.39, 0.29) is 5.91 Å². The number of benzene rings is 2. The Morgan fingerprint density at radius 2 is 1.93 bits per heavy atom. The normalized spacial score (nSPS) is 11.0. The van der Waals surface area contributed by atoms with E-state index in [1.165, 1.54) is 6.92 Å². The highest BCUT2D eigenvalue weighted by molar-refractivity contribution is 5.90. The summed E-state index contributed by atoms with van der Waals surface area (Å²) in [6, 6.07) is 15.4. The summed E-state index contributed by atoms with van der Waals surface area (Å²) < 4.78 is 11.1. The summed E-state index contributed by atoms with van der Waals surface area (Å²) in [6.45, 7) is 6.00. The molecule has 7 nitrogen and oxygen atoms in total. The Morgan fingerprint density at radius 3 is 2.59 bits per heavy atom. The summed E-state index contributed by atoms with van der Waals surface area (Å²) >= 11 is 0. The summed E-state index contributed by atoms with van der Waals surface area (Å²) in [4.78, 5) is 18.2. The number of carbonyl (C=O) groups is 1. The number of nitrogens with zero attached hydrogens (tertiary/aromatic N) is 2. The fourth-order valence-corrected chi connectivity index (χ4v) is 2.70. The number of likely N-dealkylation sites (N-methyl/N-ethyl adjacent to an activating group) is 1. The summed E-state index contributed by atoms with van der Waals surface area (Å²) in [5.41, 5.74) is 1.61. The van der Waals surface area contributed by atoms with E-state index in [0.717, 1.165) is 23.8 Å². The number of methoxy groups -OCH3 is 1. The summed E-state index contributed by atoms with van der Waals surface area (Å²) in [5.74, 6) is 2.12. The SMILES string of the molecule is CCNC(=NCc1ccc(OC)c(NC(C)=O)c1)N(C)CCOc1ccccc1. The molecule has 0 aliphatic rings. The first kappa shape index (κ1) is 22.1. The van der Waals surface area contributed by atoms with Crippen molar-refractivity contribution >= 4 is 17.6 Å². The molecule has 0 heterocycles.